The van der Waals surface area contributed by atoms with Gasteiger partial charge in [-0.2, -0.15) is 0 Å². The van der Waals surface area contributed by atoms with Crippen molar-refractivity contribution in [3.8, 4) is 0 Å². The number of carbonyl (C=O) groups is 1. The quantitative estimate of drug-likeness (QED) is 0.257. The lowest BCUT2D eigenvalue weighted by molar-refractivity contribution is -0.137. The zero-order chi connectivity index (χ0) is 21.2. The van der Waals surface area contributed by atoms with Crippen LogP contribution in [-0.4, -0.2) is 28.4 Å². The van der Waals surface area contributed by atoms with E-state index in [0.29, 0.717) is 6.61 Å². The molecule has 0 spiro atoms. The number of aliphatic hydroxyl groups excluding tert-OH is 1. The van der Waals surface area contributed by atoms with Crippen LogP contribution in [0.25, 0.3) is 0 Å². The lowest BCUT2D eigenvalue weighted by Gasteiger charge is -2.18. The second-order valence-electron chi connectivity index (χ2n) is 8.17. The minimum atomic E-state index is -0.703. The van der Waals surface area contributed by atoms with E-state index in [1.54, 1.807) is 0 Å². The molecule has 0 fully saturated rings. The van der Waals surface area contributed by atoms with Crippen LogP contribution < -0.4 is 0 Å². The van der Waals surface area contributed by atoms with Crippen LogP contribution in [0.5, 0.6) is 0 Å². The van der Waals surface area contributed by atoms with Gasteiger partial charge in [-0.15, -0.1) is 0 Å². The first kappa shape index (κ1) is 25.6. The Morgan fingerprint density at radius 3 is 2.00 bits per heavy atom. The third-order valence-corrected chi connectivity index (χ3v) is 5.53. The first-order chi connectivity index (χ1) is 14.1. The lowest BCUT2D eigenvalue weighted by Crippen LogP contribution is -2.13. The van der Waals surface area contributed by atoms with Crippen LogP contribution in [0.3, 0.4) is 0 Å². The molecule has 0 heterocycles. The van der Waals surface area contributed by atoms with E-state index in [2.05, 4.69) is 12.1 Å². The highest BCUT2D eigenvalue weighted by Crippen LogP contribution is 2.18. The van der Waals surface area contributed by atoms with Crippen LogP contribution >= 0.6 is 0 Å². The average Bonchev–Trinajstić information content (AvgIpc) is 2.73. The Kier molecular flexibility index (Phi) is 15.4. The van der Waals surface area contributed by atoms with E-state index < -0.39 is 5.97 Å². The van der Waals surface area contributed by atoms with Crippen molar-refractivity contribution in [2.75, 3.05) is 0 Å². The van der Waals surface area contributed by atoms with Gasteiger partial charge in [-0.05, 0) is 37.7 Å². The molecule has 0 radical (unpaired) electrons. The molecule has 29 heavy (non-hydrogen) atoms. The van der Waals surface area contributed by atoms with Gasteiger partial charge in [-0.3, -0.25) is 4.79 Å². The zero-order valence-corrected chi connectivity index (χ0v) is 18.4. The third kappa shape index (κ3) is 15.2. The number of benzene rings is 1. The summed E-state index contributed by atoms with van der Waals surface area (Å²) in [5, 5.41) is 18.3. The van der Waals surface area contributed by atoms with Crippen LogP contribution in [0.15, 0.2) is 30.3 Å². The molecule has 1 aromatic rings. The SMILES string of the molecule is CCC(O)CCCCCCCCC(CCCCCC(=O)O)OCc1ccccc1. The highest BCUT2D eigenvalue weighted by Gasteiger charge is 2.10. The first-order valence-corrected chi connectivity index (χ1v) is 11.7. The van der Waals surface area contributed by atoms with E-state index in [1.165, 1.54) is 37.7 Å². The van der Waals surface area contributed by atoms with Crippen LogP contribution in [0.4, 0.5) is 0 Å². The smallest absolute Gasteiger partial charge is 0.303 e. The first-order valence-electron chi connectivity index (χ1n) is 11.7. The summed E-state index contributed by atoms with van der Waals surface area (Å²) < 4.78 is 6.20. The number of aliphatic carboxylic acids is 1. The Morgan fingerprint density at radius 1 is 0.862 bits per heavy atom. The molecule has 2 atom stereocenters. The monoisotopic (exact) mass is 406 g/mol. The van der Waals surface area contributed by atoms with E-state index in [0.717, 1.165) is 51.4 Å². The number of hydrogen-bond acceptors (Lipinski definition) is 3. The summed E-state index contributed by atoms with van der Waals surface area (Å²) in [6, 6.07) is 10.3. The molecule has 0 saturated carbocycles. The maximum absolute atomic E-state index is 10.6. The normalized spacial score (nSPS) is 13.3. The number of carboxylic acids is 1. The number of carboxylic acid groups (broad SMARTS) is 1. The summed E-state index contributed by atoms with van der Waals surface area (Å²) in [6.45, 7) is 2.69. The van der Waals surface area contributed by atoms with Gasteiger partial charge in [0.15, 0.2) is 0 Å². The average molecular weight is 407 g/mol. The van der Waals surface area contributed by atoms with Crippen molar-refractivity contribution in [3.05, 3.63) is 35.9 Å². The van der Waals surface area contributed by atoms with Gasteiger partial charge >= 0.3 is 5.97 Å². The Balaban J connectivity index is 2.19. The zero-order valence-electron chi connectivity index (χ0n) is 18.4. The Labute approximate surface area is 177 Å². The second kappa shape index (κ2) is 17.5. The van der Waals surface area contributed by atoms with Gasteiger partial charge in [-0.1, -0.05) is 88.6 Å². The fraction of sp³-hybridized carbons (Fsp3) is 0.720. The standard InChI is InChI=1S/C25H42O4/c1-2-23(26)17-11-5-3-4-6-12-18-24(19-13-8-14-20-25(27)28)29-21-22-15-9-7-10-16-22/h7,9-10,15-16,23-24,26H,2-6,8,11-14,17-21H2,1H3,(H,27,28). The lowest BCUT2D eigenvalue weighted by atomic mass is 10.0. The Morgan fingerprint density at radius 2 is 1.41 bits per heavy atom. The third-order valence-electron chi connectivity index (χ3n) is 5.53. The molecular weight excluding hydrogens is 364 g/mol. The maximum atomic E-state index is 10.6. The molecule has 0 aliphatic heterocycles. The van der Waals surface area contributed by atoms with Crippen LogP contribution in [0, 0.1) is 0 Å². The van der Waals surface area contributed by atoms with Gasteiger partial charge in [0.1, 0.15) is 0 Å². The van der Waals surface area contributed by atoms with Gasteiger partial charge in [0, 0.05) is 6.42 Å². The van der Waals surface area contributed by atoms with Crippen molar-refractivity contribution in [1.82, 2.24) is 0 Å². The highest BCUT2D eigenvalue weighted by molar-refractivity contribution is 5.66. The van der Waals surface area contributed by atoms with Gasteiger partial charge in [-0.25, -0.2) is 0 Å². The van der Waals surface area contributed by atoms with Crippen LogP contribution in [-0.2, 0) is 16.1 Å². The fourth-order valence-corrected chi connectivity index (χ4v) is 3.59. The van der Waals surface area contributed by atoms with E-state index in [1.807, 2.05) is 25.1 Å². The summed E-state index contributed by atoms with van der Waals surface area (Å²) >= 11 is 0. The van der Waals surface area contributed by atoms with Gasteiger partial charge < -0.3 is 14.9 Å². The van der Waals surface area contributed by atoms with Crippen molar-refractivity contribution < 1.29 is 19.7 Å². The predicted molar refractivity (Wildman–Crippen MR) is 119 cm³/mol. The van der Waals surface area contributed by atoms with Gasteiger partial charge in [0.25, 0.3) is 0 Å². The molecule has 1 rings (SSSR count). The molecule has 0 amide bonds. The summed E-state index contributed by atoms with van der Waals surface area (Å²) in [6.07, 6.45) is 14.3. The number of unbranched alkanes of at least 4 members (excludes halogenated alkanes) is 7. The minimum Gasteiger partial charge on any atom is -0.481 e. The van der Waals surface area contributed by atoms with Crippen LogP contribution in [0.1, 0.15) is 102 Å². The van der Waals surface area contributed by atoms with Crippen LogP contribution in [0.2, 0.25) is 0 Å². The van der Waals surface area contributed by atoms with Crippen molar-refractivity contribution >= 4 is 5.97 Å². The molecule has 0 aliphatic carbocycles. The molecule has 4 nitrogen and oxygen atoms in total. The summed E-state index contributed by atoms with van der Waals surface area (Å²) in [4.78, 5) is 10.6. The topological polar surface area (TPSA) is 66.8 Å². The second-order valence-corrected chi connectivity index (χ2v) is 8.17. The maximum Gasteiger partial charge on any atom is 0.303 e. The van der Waals surface area contributed by atoms with Gasteiger partial charge in [0.2, 0.25) is 0 Å². The van der Waals surface area contributed by atoms with E-state index in [-0.39, 0.29) is 18.6 Å². The molecule has 0 aliphatic rings. The molecule has 0 aromatic heterocycles. The largest absolute Gasteiger partial charge is 0.481 e. The van der Waals surface area contributed by atoms with Gasteiger partial charge in [0.05, 0.1) is 18.8 Å². The Bertz CT molecular complexity index is 503. The van der Waals surface area contributed by atoms with Crippen molar-refractivity contribution in [2.24, 2.45) is 0 Å². The number of aliphatic hydroxyl groups is 1. The number of hydrogen-bond donors (Lipinski definition) is 2. The number of rotatable bonds is 19. The molecule has 0 bridgehead atoms. The molecule has 0 saturated heterocycles. The molecule has 2 unspecified atom stereocenters. The molecule has 4 heteroatoms. The minimum absolute atomic E-state index is 0.118. The highest BCUT2D eigenvalue weighted by atomic mass is 16.5. The molecule has 166 valence electrons. The summed E-state index contributed by atoms with van der Waals surface area (Å²) in [7, 11) is 0. The number of ether oxygens (including phenoxy) is 1. The molecule has 2 N–H and O–H groups in total. The summed E-state index contributed by atoms with van der Waals surface area (Å²) in [5.74, 6) is -0.703. The van der Waals surface area contributed by atoms with Crippen molar-refractivity contribution in [3.63, 3.8) is 0 Å². The molecular formula is C25H42O4. The Hall–Kier alpha value is -1.39. The predicted octanol–water partition coefficient (Wildman–Crippen LogP) is 6.50. The summed E-state index contributed by atoms with van der Waals surface area (Å²) in [5.41, 5.74) is 1.21. The fourth-order valence-electron chi connectivity index (χ4n) is 3.59. The van der Waals surface area contributed by atoms with E-state index in [9.17, 15) is 9.90 Å². The van der Waals surface area contributed by atoms with E-state index >= 15 is 0 Å². The van der Waals surface area contributed by atoms with Crippen molar-refractivity contribution in [2.45, 2.75) is 116 Å². The molecule has 1 aromatic carbocycles. The van der Waals surface area contributed by atoms with E-state index in [4.69, 9.17) is 9.84 Å². The van der Waals surface area contributed by atoms with Crippen molar-refractivity contribution in [1.29, 1.82) is 0 Å².